The molecule has 2 rings (SSSR count). The van der Waals surface area contributed by atoms with E-state index < -0.39 is 5.97 Å². The number of likely N-dealkylation sites (tertiary alicyclic amines) is 1. The molecule has 1 N–H and O–H groups in total. The van der Waals surface area contributed by atoms with Crippen LogP contribution in [-0.2, 0) is 14.3 Å². The van der Waals surface area contributed by atoms with Gasteiger partial charge in [0.1, 0.15) is 5.57 Å². The number of nitrogens with zero attached hydrogens (tertiary/aromatic N) is 1. The van der Waals surface area contributed by atoms with E-state index in [0.717, 1.165) is 19.5 Å². The van der Waals surface area contributed by atoms with E-state index in [4.69, 9.17) is 0 Å². The number of rotatable bonds is 1. The van der Waals surface area contributed by atoms with Crippen molar-refractivity contribution in [1.29, 1.82) is 0 Å². The number of hydrogen-bond donors (Lipinski definition) is 1. The van der Waals surface area contributed by atoms with Crippen molar-refractivity contribution in [2.24, 2.45) is 5.92 Å². The number of esters is 1. The third kappa shape index (κ3) is 1.95. The zero-order valence-electron chi connectivity index (χ0n) is 9.53. The van der Waals surface area contributed by atoms with E-state index in [1.54, 1.807) is 6.08 Å². The molecule has 5 nitrogen and oxygen atoms in total. The molecule has 88 valence electrons. The Morgan fingerprint density at radius 2 is 2.38 bits per heavy atom. The van der Waals surface area contributed by atoms with E-state index in [9.17, 15) is 9.59 Å². The molecule has 0 aromatic carbocycles. The average molecular weight is 224 g/mol. The third-order valence-corrected chi connectivity index (χ3v) is 3.21. The van der Waals surface area contributed by atoms with Crippen molar-refractivity contribution in [3.05, 3.63) is 11.6 Å². The number of carbonyl (C=O) groups excluding carboxylic acids is 2. The van der Waals surface area contributed by atoms with Crippen molar-refractivity contribution < 1.29 is 14.3 Å². The molecule has 16 heavy (non-hydrogen) atoms. The number of nitrogens with one attached hydrogen (secondary N) is 1. The Balaban J connectivity index is 2.20. The molecule has 0 aliphatic carbocycles. The SMILES string of the molecule is COC(=O)C1=C[C@H]2CN(C)CC[C@H]2NC1=O. The molecule has 2 aliphatic rings. The van der Waals surface area contributed by atoms with Crippen LogP contribution in [0.2, 0.25) is 0 Å². The van der Waals surface area contributed by atoms with Crippen LogP contribution < -0.4 is 5.32 Å². The molecule has 1 saturated heterocycles. The van der Waals surface area contributed by atoms with Crippen molar-refractivity contribution in [2.45, 2.75) is 12.5 Å². The van der Waals surface area contributed by atoms with Crippen LogP contribution >= 0.6 is 0 Å². The number of ether oxygens (including phenoxy) is 1. The van der Waals surface area contributed by atoms with Crippen molar-refractivity contribution in [3.63, 3.8) is 0 Å². The van der Waals surface area contributed by atoms with Crippen molar-refractivity contribution in [1.82, 2.24) is 10.2 Å². The Morgan fingerprint density at radius 1 is 1.62 bits per heavy atom. The number of hydrogen-bond acceptors (Lipinski definition) is 4. The standard InChI is InChI=1S/C11H16N2O3/c1-13-4-3-9-7(6-13)5-8(10(14)12-9)11(15)16-2/h5,7,9H,3-4,6H2,1-2H3,(H,12,14)/t7-,9+/m0/s1. The number of amides is 1. The van der Waals surface area contributed by atoms with Gasteiger partial charge in [-0.3, -0.25) is 4.79 Å². The van der Waals surface area contributed by atoms with Crippen molar-refractivity contribution >= 4 is 11.9 Å². The lowest BCUT2D eigenvalue weighted by molar-refractivity contribution is -0.138. The van der Waals surface area contributed by atoms with Crippen LogP contribution in [0.15, 0.2) is 11.6 Å². The minimum Gasteiger partial charge on any atom is -0.465 e. The van der Waals surface area contributed by atoms with Crippen LogP contribution in [0.4, 0.5) is 0 Å². The topological polar surface area (TPSA) is 58.6 Å². The molecule has 1 amide bonds. The van der Waals surface area contributed by atoms with Gasteiger partial charge in [-0.25, -0.2) is 4.79 Å². The molecule has 2 aliphatic heterocycles. The summed E-state index contributed by atoms with van der Waals surface area (Å²) in [6.45, 7) is 1.84. The van der Waals surface area contributed by atoms with Gasteiger partial charge < -0.3 is 15.0 Å². The van der Waals surface area contributed by atoms with Crippen LogP contribution in [0.3, 0.4) is 0 Å². The highest BCUT2D eigenvalue weighted by atomic mass is 16.5. The zero-order chi connectivity index (χ0) is 11.7. The first kappa shape index (κ1) is 11.1. The first-order chi connectivity index (χ1) is 7.61. The summed E-state index contributed by atoms with van der Waals surface area (Å²) in [7, 11) is 3.33. The largest absolute Gasteiger partial charge is 0.465 e. The summed E-state index contributed by atoms with van der Waals surface area (Å²) in [5.41, 5.74) is 0.138. The molecule has 0 aromatic rings. The van der Waals surface area contributed by atoms with Gasteiger partial charge in [0, 0.05) is 18.5 Å². The number of piperidine rings is 1. The molecule has 1 fully saturated rings. The number of methoxy groups -OCH3 is 1. The molecular formula is C11H16N2O3. The van der Waals surface area contributed by atoms with Gasteiger partial charge in [0.2, 0.25) is 0 Å². The first-order valence-electron chi connectivity index (χ1n) is 5.41. The Bertz CT molecular complexity index is 351. The fourth-order valence-electron chi connectivity index (χ4n) is 2.31. The van der Waals surface area contributed by atoms with Crippen LogP contribution in [0, 0.1) is 5.92 Å². The Labute approximate surface area is 94.4 Å². The predicted molar refractivity (Wildman–Crippen MR) is 57.6 cm³/mol. The van der Waals surface area contributed by atoms with E-state index in [0.29, 0.717) is 0 Å². The van der Waals surface area contributed by atoms with Gasteiger partial charge >= 0.3 is 5.97 Å². The van der Waals surface area contributed by atoms with E-state index in [1.807, 2.05) is 7.05 Å². The lowest BCUT2D eigenvalue weighted by Crippen LogP contribution is -2.53. The van der Waals surface area contributed by atoms with Gasteiger partial charge in [-0.1, -0.05) is 6.08 Å². The van der Waals surface area contributed by atoms with Gasteiger partial charge in [-0.2, -0.15) is 0 Å². The zero-order valence-corrected chi connectivity index (χ0v) is 9.53. The van der Waals surface area contributed by atoms with Gasteiger partial charge in [-0.05, 0) is 20.0 Å². The second kappa shape index (κ2) is 4.25. The fraction of sp³-hybridized carbons (Fsp3) is 0.636. The second-order valence-electron chi connectivity index (χ2n) is 4.37. The minimum absolute atomic E-state index is 0.138. The molecule has 0 aromatic heterocycles. The average Bonchev–Trinajstić information content (AvgIpc) is 2.28. The summed E-state index contributed by atoms with van der Waals surface area (Å²) in [5, 5.41) is 2.87. The summed E-state index contributed by atoms with van der Waals surface area (Å²) >= 11 is 0. The first-order valence-corrected chi connectivity index (χ1v) is 5.41. The molecule has 0 spiro atoms. The monoisotopic (exact) mass is 224 g/mol. The Kier molecular flexibility index (Phi) is 2.96. The Hall–Kier alpha value is -1.36. The lowest BCUT2D eigenvalue weighted by Gasteiger charge is -2.38. The van der Waals surface area contributed by atoms with Crippen molar-refractivity contribution in [2.75, 3.05) is 27.2 Å². The molecule has 2 atom stereocenters. The van der Waals surface area contributed by atoms with E-state index in [1.165, 1.54) is 7.11 Å². The number of carbonyl (C=O) groups is 2. The highest BCUT2D eigenvalue weighted by molar-refractivity contribution is 6.16. The summed E-state index contributed by atoms with van der Waals surface area (Å²) in [4.78, 5) is 25.2. The van der Waals surface area contributed by atoms with Gasteiger partial charge in [0.05, 0.1) is 7.11 Å². The normalized spacial score (nSPS) is 30.1. The van der Waals surface area contributed by atoms with Crippen LogP contribution in [0.5, 0.6) is 0 Å². The highest BCUT2D eigenvalue weighted by Crippen LogP contribution is 2.23. The maximum absolute atomic E-state index is 11.6. The predicted octanol–water partition coefficient (Wildman–Crippen LogP) is -0.464. The van der Waals surface area contributed by atoms with Crippen LogP contribution in [0.1, 0.15) is 6.42 Å². The van der Waals surface area contributed by atoms with E-state index in [2.05, 4.69) is 15.0 Å². The summed E-state index contributed by atoms with van der Waals surface area (Å²) in [6, 6.07) is 0.164. The van der Waals surface area contributed by atoms with E-state index in [-0.39, 0.29) is 23.4 Å². The molecule has 5 heteroatoms. The molecule has 0 bridgehead atoms. The second-order valence-corrected chi connectivity index (χ2v) is 4.37. The van der Waals surface area contributed by atoms with Crippen LogP contribution in [-0.4, -0.2) is 50.1 Å². The van der Waals surface area contributed by atoms with Gasteiger partial charge in [-0.15, -0.1) is 0 Å². The van der Waals surface area contributed by atoms with Gasteiger partial charge in [0.15, 0.2) is 0 Å². The molecule has 0 unspecified atom stereocenters. The maximum atomic E-state index is 11.6. The van der Waals surface area contributed by atoms with E-state index >= 15 is 0 Å². The quantitative estimate of drug-likeness (QED) is 0.483. The summed E-state index contributed by atoms with van der Waals surface area (Å²) in [6.07, 6.45) is 2.68. The highest BCUT2D eigenvalue weighted by Gasteiger charge is 2.35. The fourth-order valence-corrected chi connectivity index (χ4v) is 2.31. The van der Waals surface area contributed by atoms with Gasteiger partial charge in [0.25, 0.3) is 5.91 Å². The maximum Gasteiger partial charge on any atom is 0.343 e. The minimum atomic E-state index is -0.552. The van der Waals surface area contributed by atoms with Crippen molar-refractivity contribution in [3.8, 4) is 0 Å². The molecule has 0 radical (unpaired) electrons. The third-order valence-electron chi connectivity index (χ3n) is 3.21. The molecule has 2 heterocycles. The molecular weight excluding hydrogens is 208 g/mol. The number of fused-ring (bicyclic) bond motifs is 1. The summed E-state index contributed by atoms with van der Waals surface area (Å²) < 4.78 is 4.59. The Morgan fingerprint density at radius 3 is 3.06 bits per heavy atom. The summed E-state index contributed by atoms with van der Waals surface area (Å²) in [5.74, 6) is -0.646. The lowest BCUT2D eigenvalue weighted by atomic mass is 9.87. The smallest absolute Gasteiger partial charge is 0.343 e. The van der Waals surface area contributed by atoms with Crippen LogP contribution in [0.25, 0.3) is 0 Å². The molecule has 0 saturated carbocycles.